The second-order valence-corrected chi connectivity index (χ2v) is 7.21. The van der Waals surface area contributed by atoms with Gasteiger partial charge in [0, 0.05) is 37.8 Å². The Labute approximate surface area is 124 Å². The first-order chi connectivity index (χ1) is 9.90. The summed E-state index contributed by atoms with van der Waals surface area (Å²) in [7, 11) is 0. The van der Waals surface area contributed by atoms with Crippen LogP contribution in [0.2, 0.25) is 0 Å². The zero-order chi connectivity index (χ0) is 15.1. The van der Waals surface area contributed by atoms with Crippen molar-refractivity contribution in [3.63, 3.8) is 0 Å². The van der Waals surface area contributed by atoms with Gasteiger partial charge in [-0.05, 0) is 32.1 Å². The number of amides is 1. The Bertz CT molecular complexity index is 405. The van der Waals surface area contributed by atoms with Gasteiger partial charge in [0.15, 0.2) is 0 Å². The number of hydrogen-bond acceptors (Lipinski definition) is 2. The number of piperidine rings is 1. The second-order valence-electron chi connectivity index (χ2n) is 7.21. The molecule has 2 saturated carbocycles. The van der Waals surface area contributed by atoms with Gasteiger partial charge in [0.25, 0.3) is 0 Å². The Morgan fingerprint density at radius 3 is 2.48 bits per heavy atom. The topological polar surface area (TPSA) is 40.5 Å². The maximum atomic E-state index is 13.2. The van der Waals surface area contributed by atoms with Gasteiger partial charge in [0.2, 0.25) is 11.8 Å². The fourth-order valence-electron chi connectivity index (χ4n) is 4.32. The molecule has 0 radical (unpaired) electrons. The first-order valence-corrected chi connectivity index (χ1v) is 8.29. The first-order valence-electron chi connectivity index (χ1n) is 8.29. The van der Waals surface area contributed by atoms with Crippen molar-refractivity contribution in [3.8, 4) is 0 Å². The minimum atomic E-state index is -2.58. The van der Waals surface area contributed by atoms with Gasteiger partial charge in [-0.3, -0.25) is 4.79 Å². The molecule has 1 amide bonds. The highest BCUT2D eigenvalue weighted by Crippen LogP contribution is 2.41. The molecule has 3 nitrogen and oxygen atoms in total. The van der Waals surface area contributed by atoms with Crippen LogP contribution in [0.15, 0.2) is 0 Å². The average molecular weight is 301 g/mol. The normalized spacial score (nSPS) is 37.1. The minimum Gasteiger partial charge on any atom is -0.389 e. The van der Waals surface area contributed by atoms with E-state index in [1.54, 1.807) is 0 Å². The summed E-state index contributed by atoms with van der Waals surface area (Å²) in [5.74, 6) is -2.60. The lowest BCUT2D eigenvalue weighted by Gasteiger charge is -2.48. The molecule has 0 aromatic rings. The number of likely N-dealkylation sites (tertiary alicyclic amines) is 1. The van der Waals surface area contributed by atoms with E-state index in [-0.39, 0.29) is 30.6 Å². The largest absolute Gasteiger partial charge is 0.389 e. The van der Waals surface area contributed by atoms with Gasteiger partial charge in [-0.15, -0.1) is 0 Å². The molecule has 3 rings (SSSR count). The van der Waals surface area contributed by atoms with Crippen molar-refractivity contribution >= 4 is 5.91 Å². The number of nitrogens with zero attached hydrogens (tertiary/aromatic N) is 1. The standard InChI is InChI=1S/C16H25F2NO2/c17-16(18)7-4-12(5-8-16)14(20)19-10-9-15(21)6-2-1-3-13(15)11-19/h12-13,21H,1-11H2. The summed E-state index contributed by atoms with van der Waals surface area (Å²) in [5.41, 5.74) is -0.589. The number of fused-ring (bicyclic) bond motifs is 1. The van der Waals surface area contributed by atoms with Crippen LogP contribution in [0.4, 0.5) is 8.78 Å². The molecule has 120 valence electrons. The van der Waals surface area contributed by atoms with Gasteiger partial charge < -0.3 is 10.0 Å². The first kappa shape index (κ1) is 15.2. The Balaban J connectivity index is 1.59. The molecule has 0 aromatic heterocycles. The smallest absolute Gasteiger partial charge is 0.248 e. The highest BCUT2D eigenvalue weighted by atomic mass is 19.3. The highest BCUT2D eigenvalue weighted by Gasteiger charge is 2.45. The van der Waals surface area contributed by atoms with Crippen molar-refractivity contribution in [3.05, 3.63) is 0 Å². The van der Waals surface area contributed by atoms with Crippen LogP contribution >= 0.6 is 0 Å². The molecule has 1 N–H and O–H groups in total. The Hall–Kier alpha value is -0.710. The molecule has 0 spiro atoms. The fraction of sp³-hybridized carbons (Fsp3) is 0.938. The maximum absolute atomic E-state index is 13.2. The van der Waals surface area contributed by atoms with Gasteiger partial charge in [0.1, 0.15) is 0 Å². The summed E-state index contributed by atoms with van der Waals surface area (Å²) in [6.07, 6.45) is 4.93. The van der Waals surface area contributed by atoms with Crippen molar-refractivity contribution in [1.82, 2.24) is 4.90 Å². The summed E-state index contributed by atoms with van der Waals surface area (Å²) >= 11 is 0. The zero-order valence-electron chi connectivity index (χ0n) is 12.5. The lowest BCUT2D eigenvalue weighted by atomic mass is 9.71. The molecule has 0 bridgehead atoms. The van der Waals surface area contributed by atoms with Crippen molar-refractivity contribution in [2.24, 2.45) is 11.8 Å². The van der Waals surface area contributed by atoms with Gasteiger partial charge in [-0.2, -0.15) is 0 Å². The molecule has 3 fully saturated rings. The van der Waals surface area contributed by atoms with Crippen LogP contribution in [0.3, 0.4) is 0 Å². The number of rotatable bonds is 1. The third-order valence-corrected chi connectivity index (χ3v) is 5.81. The van der Waals surface area contributed by atoms with Gasteiger partial charge in [-0.1, -0.05) is 12.8 Å². The van der Waals surface area contributed by atoms with E-state index >= 15 is 0 Å². The SMILES string of the molecule is O=C(C1CCC(F)(F)CC1)N1CCC2(O)CCCCC2C1. The predicted molar refractivity (Wildman–Crippen MR) is 75.0 cm³/mol. The van der Waals surface area contributed by atoms with Crippen LogP contribution in [0, 0.1) is 11.8 Å². The summed E-state index contributed by atoms with van der Waals surface area (Å²) in [5, 5.41) is 10.6. The molecule has 5 heteroatoms. The van der Waals surface area contributed by atoms with E-state index in [1.165, 1.54) is 0 Å². The zero-order valence-corrected chi connectivity index (χ0v) is 12.5. The highest BCUT2D eigenvalue weighted by molar-refractivity contribution is 5.79. The molecule has 2 atom stereocenters. The molecule has 3 aliphatic rings. The van der Waals surface area contributed by atoms with Crippen LogP contribution in [0.5, 0.6) is 0 Å². The number of aliphatic hydroxyl groups is 1. The number of carbonyl (C=O) groups excluding carboxylic acids is 1. The number of halogens is 2. The van der Waals surface area contributed by atoms with E-state index in [9.17, 15) is 18.7 Å². The van der Waals surface area contributed by atoms with E-state index in [0.29, 0.717) is 32.4 Å². The molecule has 1 saturated heterocycles. The molecular formula is C16H25F2NO2. The van der Waals surface area contributed by atoms with Crippen LogP contribution in [-0.4, -0.2) is 40.5 Å². The van der Waals surface area contributed by atoms with Crippen molar-refractivity contribution < 1.29 is 18.7 Å². The van der Waals surface area contributed by atoms with Gasteiger partial charge >= 0.3 is 0 Å². The van der Waals surface area contributed by atoms with Crippen LogP contribution in [-0.2, 0) is 4.79 Å². The van der Waals surface area contributed by atoms with Crippen molar-refractivity contribution in [2.45, 2.75) is 69.3 Å². The predicted octanol–water partition coefficient (Wildman–Crippen LogP) is 2.97. The summed E-state index contributed by atoms with van der Waals surface area (Å²) in [6, 6.07) is 0. The fourth-order valence-corrected chi connectivity index (χ4v) is 4.32. The molecule has 2 aliphatic carbocycles. The number of alkyl halides is 2. The monoisotopic (exact) mass is 301 g/mol. The molecule has 1 aliphatic heterocycles. The molecule has 2 unspecified atom stereocenters. The Morgan fingerprint density at radius 2 is 1.76 bits per heavy atom. The quantitative estimate of drug-likeness (QED) is 0.809. The maximum Gasteiger partial charge on any atom is 0.248 e. The molecule has 21 heavy (non-hydrogen) atoms. The third kappa shape index (κ3) is 3.08. The van der Waals surface area contributed by atoms with Gasteiger partial charge in [0.05, 0.1) is 5.60 Å². The summed E-state index contributed by atoms with van der Waals surface area (Å²) in [6.45, 7) is 1.20. The lowest BCUT2D eigenvalue weighted by molar-refractivity contribution is -0.150. The second kappa shape index (κ2) is 5.49. The summed E-state index contributed by atoms with van der Waals surface area (Å²) in [4.78, 5) is 14.4. The average Bonchev–Trinajstić information content (AvgIpc) is 2.45. The van der Waals surface area contributed by atoms with Crippen LogP contribution in [0.25, 0.3) is 0 Å². The van der Waals surface area contributed by atoms with E-state index in [2.05, 4.69) is 0 Å². The van der Waals surface area contributed by atoms with E-state index in [0.717, 1.165) is 25.7 Å². The van der Waals surface area contributed by atoms with Crippen molar-refractivity contribution in [2.75, 3.05) is 13.1 Å². The summed E-state index contributed by atoms with van der Waals surface area (Å²) < 4.78 is 26.4. The van der Waals surface area contributed by atoms with Crippen LogP contribution < -0.4 is 0 Å². The van der Waals surface area contributed by atoms with Gasteiger partial charge in [-0.25, -0.2) is 8.78 Å². The lowest BCUT2D eigenvalue weighted by Crippen LogP contribution is -2.55. The Kier molecular flexibility index (Phi) is 3.97. The van der Waals surface area contributed by atoms with Crippen molar-refractivity contribution in [1.29, 1.82) is 0 Å². The molecular weight excluding hydrogens is 276 g/mol. The number of carbonyl (C=O) groups is 1. The van der Waals surface area contributed by atoms with E-state index in [4.69, 9.17) is 0 Å². The number of hydrogen-bond donors (Lipinski definition) is 1. The minimum absolute atomic E-state index is 0.0399. The third-order valence-electron chi connectivity index (χ3n) is 5.81. The molecule has 1 heterocycles. The van der Waals surface area contributed by atoms with Crippen LogP contribution in [0.1, 0.15) is 57.8 Å². The Morgan fingerprint density at radius 1 is 1.05 bits per heavy atom. The van der Waals surface area contributed by atoms with E-state index in [1.807, 2.05) is 4.90 Å². The molecule has 0 aromatic carbocycles. The van der Waals surface area contributed by atoms with E-state index < -0.39 is 11.5 Å².